The molecule has 0 aliphatic heterocycles. The molecular weight excluding hydrogens is 331 g/mol. The molecule has 0 saturated heterocycles. The Morgan fingerprint density at radius 2 is 1.96 bits per heavy atom. The largest absolute Gasteiger partial charge is 0.490 e. The fourth-order valence-corrected chi connectivity index (χ4v) is 2.83. The molecule has 0 atom stereocenters. The molecule has 2 rings (SSSR count). The number of ether oxygens (including phenoxy) is 1. The Morgan fingerprint density at radius 3 is 2.64 bits per heavy atom. The second-order valence-corrected chi connectivity index (χ2v) is 6.24. The zero-order valence-corrected chi connectivity index (χ0v) is 14.5. The Balaban J connectivity index is 1.80. The van der Waals surface area contributed by atoms with Gasteiger partial charge in [0.25, 0.3) is 0 Å². The van der Waals surface area contributed by atoms with Gasteiger partial charge in [-0.1, -0.05) is 18.6 Å². The summed E-state index contributed by atoms with van der Waals surface area (Å²) in [5.74, 6) is 1.19. The second kappa shape index (κ2) is 9.53. The summed E-state index contributed by atoms with van der Waals surface area (Å²) in [6.07, 6.45) is 1.13. The van der Waals surface area contributed by atoms with Crippen molar-refractivity contribution in [1.29, 1.82) is 0 Å². The minimum absolute atomic E-state index is 0.200. The summed E-state index contributed by atoms with van der Waals surface area (Å²) in [4.78, 5) is 3.93. The number of alkyl halides is 3. The van der Waals surface area contributed by atoms with Gasteiger partial charge in [0.2, 0.25) is 0 Å². The van der Waals surface area contributed by atoms with E-state index in [0.29, 0.717) is 12.5 Å². The van der Waals surface area contributed by atoms with Crippen molar-refractivity contribution in [3.8, 4) is 5.75 Å². The van der Waals surface area contributed by atoms with E-state index in [1.54, 1.807) is 0 Å². The van der Waals surface area contributed by atoms with Gasteiger partial charge in [-0.15, -0.1) is 0 Å². The molecule has 2 N–H and O–H groups in total. The number of hydrogen-bond donors (Lipinski definition) is 2. The topological polar surface area (TPSA) is 45.7 Å². The molecule has 7 heteroatoms. The summed E-state index contributed by atoms with van der Waals surface area (Å²) in [6, 6.07) is 7.78. The van der Waals surface area contributed by atoms with Crippen LogP contribution < -0.4 is 15.4 Å². The molecule has 0 bridgehead atoms. The average Bonchev–Trinajstić information content (AvgIpc) is 2.58. The molecule has 25 heavy (non-hydrogen) atoms. The van der Waals surface area contributed by atoms with E-state index in [4.69, 9.17) is 4.74 Å². The molecule has 0 radical (unpaired) electrons. The first-order valence-electron chi connectivity index (χ1n) is 8.73. The van der Waals surface area contributed by atoms with E-state index < -0.39 is 12.6 Å². The number of guanidine groups is 1. The molecular formula is C18H26F3N3O. The molecule has 1 saturated carbocycles. The first kappa shape index (κ1) is 19.4. The minimum atomic E-state index is -4.17. The lowest BCUT2D eigenvalue weighted by Crippen LogP contribution is -2.38. The number of nitrogens with one attached hydrogen (secondary N) is 2. The van der Waals surface area contributed by atoms with Gasteiger partial charge in [-0.25, -0.2) is 0 Å². The third kappa shape index (κ3) is 7.67. The molecule has 140 valence electrons. The van der Waals surface area contributed by atoms with Crippen molar-refractivity contribution in [2.75, 3.05) is 13.6 Å². The number of rotatable bonds is 6. The quantitative estimate of drug-likeness (QED) is 0.597. The standard InChI is InChI=1S/C18H26F3N3O/c1-22-17(23-11-10-18(19,20)21)24-13-14-6-5-9-16(12-14)25-15-7-3-2-4-8-15/h5-6,9,12,15H,2-4,7-8,10-11,13H2,1H3,(H2,22,23,24). The second-order valence-electron chi connectivity index (χ2n) is 6.24. The third-order valence-electron chi connectivity index (χ3n) is 4.14. The maximum atomic E-state index is 12.2. The smallest absolute Gasteiger partial charge is 0.390 e. The van der Waals surface area contributed by atoms with E-state index in [-0.39, 0.29) is 12.6 Å². The Hall–Kier alpha value is -1.92. The first-order valence-corrected chi connectivity index (χ1v) is 8.73. The van der Waals surface area contributed by atoms with Gasteiger partial charge in [-0.2, -0.15) is 13.2 Å². The molecule has 1 aliphatic rings. The van der Waals surface area contributed by atoms with Gasteiger partial charge in [-0.3, -0.25) is 4.99 Å². The summed E-state index contributed by atoms with van der Waals surface area (Å²) in [6.45, 7) is 0.265. The SMILES string of the molecule is CN=C(NCCC(F)(F)F)NCc1cccc(OC2CCCCC2)c1. The highest BCUT2D eigenvalue weighted by Crippen LogP contribution is 2.24. The molecule has 1 aromatic rings. The summed E-state index contributed by atoms with van der Waals surface area (Å²) in [7, 11) is 1.53. The Kier molecular flexibility index (Phi) is 7.40. The molecule has 1 fully saturated rings. The van der Waals surface area contributed by atoms with Crippen LogP contribution in [-0.4, -0.2) is 31.8 Å². The highest BCUT2D eigenvalue weighted by Gasteiger charge is 2.26. The van der Waals surface area contributed by atoms with Crippen LogP contribution >= 0.6 is 0 Å². The fraction of sp³-hybridized carbons (Fsp3) is 0.611. The van der Waals surface area contributed by atoms with Crippen LogP contribution in [0.1, 0.15) is 44.1 Å². The lowest BCUT2D eigenvalue weighted by Gasteiger charge is -2.23. The van der Waals surface area contributed by atoms with E-state index in [9.17, 15) is 13.2 Å². The van der Waals surface area contributed by atoms with E-state index in [1.807, 2.05) is 24.3 Å². The molecule has 0 aromatic heterocycles. The van der Waals surface area contributed by atoms with Gasteiger partial charge in [-0.05, 0) is 43.4 Å². The van der Waals surface area contributed by atoms with E-state index in [2.05, 4.69) is 15.6 Å². The lowest BCUT2D eigenvalue weighted by atomic mass is 9.98. The van der Waals surface area contributed by atoms with Crippen molar-refractivity contribution in [3.05, 3.63) is 29.8 Å². The summed E-state index contributed by atoms with van der Waals surface area (Å²) < 4.78 is 42.6. The van der Waals surface area contributed by atoms with Crippen LogP contribution in [0, 0.1) is 0 Å². The molecule has 0 heterocycles. The number of aliphatic imine (C=N–C) groups is 1. The highest BCUT2D eigenvalue weighted by atomic mass is 19.4. The first-order chi connectivity index (χ1) is 12.0. The molecule has 1 aliphatic carbocycles. The Labute approximate surface area is 146 Å². The zero-order chi connectivity index (χ0) is 18.1. The number of nitrogens with zero attached hydrogens (tertiary/aromatic N) is 1. The van der Waals surface area contributed by atoms with Crippen molar-refractivity contribution < 1.29 is 17.9 Å². The predicted molar refractivity (Wildman–Crippen MR) is 92.8 cm³/mol. The van der Waals surface area contributed by atoms with Crippen LogP contribution in [0.2, 0.25) is 0 Å². The van der Waals surface area contributed by atoms with E-state index in [1.165, 1.54) is 26.3 Å². The highest BCUT2D eigenvalue weighted by molar-refractivity contribution is 5.79. The Morgan fingerprint density at radius 1 is 1.20 bits per heavy atom. The molecule has 4 nitrogen and oxygen atoms in total. The lowest BCUT2D eigenvalue weighted by molar-refractivity contribution is -0.132. The van der Waals surface area contributed by atoms with Crippen LogP contribution in [0.5, 0.6) is 5.75 Å². The monoisotopic (exact) mass is 357 g/mol. The van der Waals surface area contributed by atoms with Gasteiger partial charge in [0.15, 0.2) is 5.96 Å². The predicted octanol–water partition coefficient (Wildman–Crippen LogP) is 4.02. The Bertz CT molecular complexity index is 555. The van der Waals surface area contributed by atoms with Gasteiger partial charge < -0.3 is 15.4 Å². The van der Waals surface area contributed by atoms with Crippen LogP contribution in [0.25, 0.3) is 0 Å². The van der Waals surface area contributed by atoms with Crippen LogP contribution in [-0.2, 0) is 6.54 Å². The molecule has 0 amide bonds. The van der Waals surface area contributed by atoms with E-state index >= 15 is 0 Å². The molecule has 0 spiro atoms. The molecule has 0 unspecified atom stereocenters. The van der Waals surface area contributed by atoms with Crippen LogP contribution in [0.15, 0.2) is 29.3 Å². The average molecular weight is 357 g/mol. The van der Waals surface area contributed by atoms with Crippen molar-refractivity contribution >= 4 is 5.96 Å². The molecule has 1 aromatic carbocycles. The third-order valence-corrected chi connectivity index (χ3v) is 4.14. The number of halogens is 3. The van der Waals surface area contributed by atoms with E-state index in [0.717, 1.165) is 24.2 Å². The number of hydrogen-bond acceptors (Lipinski definition) is 2. The van der Waals surface area contributed by atoms with Crippen LogP contribution in [0.3, 0.4) is 0 Å². The van der Waals surface area contributed by atoms with Gasteiger partial charge >= 0.3 is 6.18 Å². The maximum Gasteiger partial charge on any atom is 0.390 e. The van der Waals surface area contributed by atoms with Crippen molar-refractivity contribution in [2.45, 2.75) is 57.3 Å². The van der Waals surface area contributed by atoms with Crippen molar-refractivity contribution in [3.63, 3.8) is 0 Å². The van der Waals surface area contributed by atoms with Gasteiger partial charge in [0.1, 0.15) is 5.75 Å². The normalized spacial score (nSPS) is 16.6. The summed E-state index contributed by atoms with van der Waals surface area (Å²) in [5, 5.41) is 5.68. The minimum Gasteiger partial charge on any atom is -0.490 e. The summed E-state index contributed by atoms with van der Waals surface area (Å²) in [5.41, 5.74) is 0.993. The van der Waals surface area contributed by atoms with Gasteiger partial charge in [0, 0.05) is 20.1 Å². The number of benzene rings is 1. The zero-order valence-electron chi connectivity index (χ0n) is 14.5. The van der Waals surface area contributed by atoms with Crippen molar-refractivity contribution in [1.82, 2.24) is 10.6 Å². The van der Waals surface area contributed by atoms with Crippen molar-refractivity contribution in [2.24, 2.45) is 4.99 Å². The van der Waals surface area contributed by atoms with Gasteiger partial charge in [0.05, 0.1) is 12.5 Å². The maximum absolute atomic E-state index is 12.2. The fourth-order valence-electron chi connectivity index (χ4n) is 2.83. The van der Waals surface area contributed by atoms with Crippen LogP contribution in [0.4, 0.5) is 13.2 Å². The summed E-state index contributed by atoms with van der Waals surface area (Å²) >= 11 is 0.